The number of rotatable bonds is 6. The summed E-state index contributed by atoms with van der Waals surface area (Å²) in [4.78, 5) is 36.3. The monoisotopic (exact) mass is 425 g/mol. The Hall–Kier alpha value is -2.71. The van der Waals surface area contributed by atoms with Gasteiger partial charge in [-0.3, -0.25) is 24.4 Å². The molecule has 8 heteroatoms. The van der Waals surface area contributed by atoms with Gasteiger partial charge in [0.2, 0.25) is 11.8 Å². The third-order valence-electron chi connectivity index (χ3n) is 6.18. The minimum Gasteiger partial charge on any atom is -0.465 e. The van der Waals surface area contributed by atoms with E-state index >= 15 is 0 Å². The molecule has 1 atom stereocenters. The topological polar surface area (TPSA) is 81.9 Å². The summed E-state index contributed by atoms with van der Waals surface area (Å²) in [6.45, 7) is 9.60. The zero-order valence-electron chi connectivity index (χ0n) is 18.3. The van der Waals surface area contributed by atoms with Crippen molar-refractivity contribution in [3.63, 3.8) is 0 Å². The Balaban J connectivity index is 1.31. The van der Waals surface area contributed by atoms with Crippen molar-refractivity contribution in [1.29, 1.82) is 0 Å². The minimum atomic E-state index is -0.458. The molecule has 4 rings (SSSR count). The largest absolute Gasteiger partial charge is 0.465 e. The minimum absolute atomic E-state index is 0.0383. The summed E-state index contributed by atoms with van der Waals surface area (Å²) in [6.07, 6.45) is 2.03. The maximum absolute atomic E-state index is 13.0. The molecular weight excluding hydrogens is 394 g/mol. The van der Waals surface area contributed by atoms with E-state index < -0.39 is 6.04 Å². The van der Waals surface area contributed by atoms with E-state index in [4.69, 9.17) is 4.42 Å². The molecule has 8 nitrogen and oxygen atoms in total. The van der Waals surface area contributed by atoms with Gasteiger partial charge in [-0.15, -0.1) is 0 Å². The summed E-state index contributed by atoms with van der Waals surface area (Å²) in [5.41, 5.74) is 2.28. The van der Waals surface area contributed by atoms with E-state index in [9.17, 15) is 9.59 Å². The number of furan rings is 1. The molecule has 0 saturated carbocycles. The predicted molar refractivity (Wildman–Crippen MR) is 116 cm³/mol. The van der Waals surface area contributed by atoms with Crippen molar-refractivity contribution in [3.05, 3.63) is 53.2 Å². The van der Waals surface area contributed by atoms with Crippen LogP contribution >= 0.6 is 0 Å². The molecule has 0 aliphatic carbocycles. The lowest BCUT2D eigenvalue weighted by Crippen LogP contribution is -2.57. The van der Waals surface area contributed by atoms with Crippen molar-refractivity contribution in [2.75, 3.05) is 39.3 Å². The van der Waals surface area contributed by atoms with Gasteiger partial charge in [0.05, 0.1) is 24.7 Å². The normalized spacial score (nSPS) is 20.6. The van der Waals surface area contributed by atoms with Gasteiger partial charge in [-0.05, 0) is 37.6 Å². The Morgan fingerprint density at radius 2 is 1.94 bits per heavy atom. The number of piperazine rings is 2. The molecule has 0 radical (unpaired) electrons. The van der Waals surface area contributed by atoms with Gasteiger partial charge < -0.3 is 14.6 Å². The number of amides is 2. The average molecular weight is 426 g/mol. The van der Waals surface area contributed by atoms with Crippen molar-refractivity contribution >= 4 is 11.8 Å². The van der Waals surface area contributed by atoms with Crippen LogP contribution < -0.4 is 5.32 Å². The summed E-state index contributed by atoms with van der Waals surface area (Å²) in [5.74, 6) is 1.63. The molecule has 31 heavy (non-hydrogen) atoms. The lowest BCUT2D eigenvalue weighted by atomic mass is 10.1. The second-order valence-electron chi connectivity index (χ2n) is 8.42. The van der Waals surface area contributed by atoms with Crippen molar-refractivity contribution in [3.8, 4) is 0 Å². The molecule has 2 saturated heterocycles. The van der Waals surface area contributed by atoms with Crippen LogP contribution in [0.3, 0.4) is 0 Å². The van der Waals surface area contributed by atoms with Gasteiger partial charge in [-0.25, -0.2) is 0 Å². The van der Waals surface area contributed by atoms with Crippen LogP contribution in [0, 0.1) is 13.8 Å². The lowest BCUT2D eigenvalue weighted by Gasteiger charge is -2.38. The fourth-order valence-electron chi connectivity index (χ4n) is 4.29. The van der Waals surface area contributed by atoms with Gasteiger partial charge in [-0.1, -0.05) is 6.07 Å². The first-order chi connectivity index (χ1) is 15.0. The van der Waals surface area contributed by atoms with Crippen LogP contribution in [0.25, 0.3) is 0 Å². The van der Waals surface area contributed by atoms with Gasteiger partial charge in [0.25, 0.3) is 0 Å². The van der Waals surface area contributed by atoms with Gasteiger partial charge >= 0.3 is 0 Å². The number of pyridine rings is 1. The first-order valence-electron chi connectivity index (χ1n) is 11.0. The maximum atomic E-state index is 13.0. The highest BCUT2D eigenvalue weighted by Crippen LogP contribution is 2.18. The Labute approximate surface area is 183 Å². The van der Waals surface area contributed by atoms with E-state index in [-0.39, 0.29) is 18.2 Å². The highest BCUT2D eigenvalue weighted by molar-refractivity contribution is 5.88. The summed E-state index contributed by atoms with van der Waals surface area (Å²) in [7, 11) is 0. The number of nitrogens with zero attached hydrogens (tertiary/aromatic N) is 4. The molecule has 2 aromatic heterocycles. The Kier molecular flexibility index (Phi) is 6.67. The zero-order chi connectivity index (χ0) is 21.8. The molecule has 2 fully saturated rings. The summed E-state index contributed by atoms with van der Waals surface area (Å²) in [5, 5.41) is 2.90. The SMILES string of the molecule is Cc1ccc(CN2CCNC(=O)C2CC(=O)N2CCN(Cc3ncccc3C)CC2)o1. The quantitative estimate of drug-likeness (QED) is 0.752. The van der Waals surface area contributed by atoms with Gasteiger partial charge in [0, 0.05) is 52.0 Å². The zero-order valence-corrected chi connectivity index (χ0v) is 18.3. The second-order valence-corrected chi connectivity index (χ2v) is 8.42. The summed E-state index contributed by atoms with van der Waals surface area (Å²) < 4.78 is 5.68. The number of carbonyl (C=O) groups is 2. The first-order valence-corrected chi connectivity index (χ1v) is 11.0. The molecule has 2 aromatic rings. The van der Waals surface area contributed by atoms with Crippen LogP contribution in [0.5, 0.6) is 0 Å². The first kappa shape index (κ1) is 21.5. The number of hydrogen-bond acceptors (Lipinski definition) is 6. The van der Waals surface area contributed by atoms with Gasteiger partial charge in [0.15, 0.2) is 0 Å². The van der Waals surface area contributed by atoms with E-state index in [1.807, 2.05) is 36.2 Å². The predicted octanol–water partition coefficient (Wildman–Crippen LogP) is 1.33. The Morgan fingerprint density at radius 1 is 1.13 bits per heavy atom. The van der Waals surface area contributed by atoms with Crippen LogP contribution in [0.1, 0.15) is 29.2 Å². The number of nitrogens with one attached hydrogen (secondary N) is 1. The number of hydrogen-bond donors (Lipinski definition) is 1. The second kappa shape index (κ2) is 9.62. The van der Waals surface area contributed by atoms with E-state index in [0.717, 1.165) is 36.8 Å². The number of carbonyl (C=O) groups excluding carboxylic acids is 2. The van der Waals surface area contributed by atoms with Gasteiger partial charge in [-0.2, -0.15) is 0 Å². The van der Waals surface area contributed by atoms with E-state index in [1.165, 1.54) is 5.56 Å². The molecule has 0 aromatic carbocycles. The standard InChI is InChI=1S/C23H31N5O3/c1-17-4-3-7-24-20(17)16-26-10-12-27(13-11-26)22(29)14-21-23(30)25-8-9-28(21)15-19-6-5-18(2)31-19/h3-7,21H,8-16H2,1-2H3,(H,25,30). The Bertz CT molecular complexity index is 919. The lowest BCUT2D eigenvalue weighted by molar-refractivity contribution is -0.140. The van der Waals surface area contributed by atoms with Crippen molar-refractivity contribution < 1.29 is 14.0 Å². The summed E-state index contributed by atoms with van der Waals surface area (Å²) in [6, 6.07) is 7.43. The fourth-order valence-corrected chi connectivity index (χ4v) is 4.29. The molecule has 1 unspecified atom stereocenters. The molecular formula is C23H31N5O3. The van der Waals surface area contributed by atoms with E-state index in [1.54, 1.807) is 0 Å². The number of aryl methyl sites for hydroxylation is 2. The molecule has 0 bridgehead atoms. The van der Waals surface area contributed by atoms with Crippen LogP contribution in [-0.4, -0.2) is 76.8 Å². The number of aromatic nitrogens is 1. The smallest absolute Gasteiger partial charge is 0.237 e. The van der Waals surface area contributed by atoms with Gasteiger partial charge in [0.1, 0.15) is 11.5 Å². The van der Waals surface area contributed by atoms with Crippen molar-refractivity contribution in [1.82, 2.24) is 25.0 Å². The third-order valence-corrected chi connectivity index (χ3v) is 6.18. The molecule has 2 aliphatic rings. The Morgan fingerprint density at radius 3 is 2.65 bits per heavy atom. The van der Waals surface area contributed by atoms with Crippen molar-refractivity contribution in [2.45, 2.75) is 39.4 Å². The third kappa shape index (κ3) is 5.32. The van der Waals surface area contributed by atoms with E-state index in [0.29, 0.717) is 32.7 Å². The average Bonchev–Trinajstić information content (AvgIpc) is 3.17. The molecule has 1 N–H and O–H groups in total. The van der Waals surface area contributed by atoms with Crippen LogP contribution in [0.4, 0.5) is 0 Å². The highest BCUT2D eigenvalue weighted by atomic mass is 16.3. The molecule has 4 heterocycles. The molecule has 2 amide bonds. The maximum Gasteiger partial charge on any atom is 0.237 e. The van der Waals surface area contributed by atoms with Crippen LogP contribution in [0.15, 0.2) is 34.9 Å². The van der Waals surface area contributed by atoms with E-state index in [2.05, 4.69) is 33.1 Å². The highest BCUT2D eigenvalue weighted by Gasteiger charge is 2.34. The molecule has 2 aliphatic heterocycles. The molecule has 166 valence electrons. The van der Waals surface area contributed by atoms with Crippen LogP contribution in [0.2, 0.25) is 0 Å². The van der Waals surface area contributed by atoms with Crippen molar-refractivity contribution in [2.24, 2.45) is 0 Å². The fraction of sp³-hybridized carbons (Fsp3) is 0.522. The summed E-state index contributed by atoms with van der Waals surface area (Å²) >= 11 is 0. The van der Waals surface area contributed by atoms with Crippen LogP contribution in [-0.2, 0) is 22.7 Å². The molecule has 0 spiro atoms.